The summed E-state index contributed by atoms with van der Waals surface area (Å²) >= 11 is 5.97. The Morgan fingerprint density at radius 1 is 1.21 bits per heavy atom. The number of hydrogen-bond acceptors (Lipinski definition) is 6. The van der Waals surface area contributed by atoms with Gasteiger partial charge in [-0.2, -0.15) is 5.10 Å². The van der Waals surface area contributed by atoms with Crippen LogP contribution >= 0.6 is 11.6 Å². The Kier molecular flexibility index (Phi) is 5.87. The Hall–Kier alpha value is -2.95. The fourth-order valence-electron chi connectivity index (χ4n) is 2.49. The molecule has 3 aromatic rings. The van der Waals surface area contributed by atoms with E-state index in [1.165, 1.54) is 32.3 Å². The van der Waals surface area contributed by atoms with Gasteiger partial charge in [0, 0.05) is 25.2 Å². The molecule has 3 rings (SSSR count). The van der Waals surface area contributed by atoms with Gasteiger partial charge in [-0.05, 0) is 24.3 Å². The molecule has 0 saturated heterocycles. The van der Waals surface area contributed by atoms with Crippen LogP contribution < -0.4 is 5.32 Å². The molecule has 11 heteroatoms. The van der Waals surface area contributed by atoms with Gasteiger partial charge >= 0.3 is 5.97 Å². The average molecular weight is 437 g/mol. The predicted octanol–water partition coefficient (Wildman–Crippen LogP) is 2.26. The number of sulfonamides is 1. The number of ether oxygens (including phenoxy) is 1. The highest BCUT2D eigenvalue weighted by Crippen LogP contribution is 2.26. The molecule has 0 aliphatic carbocycles. The van der Waals surface area contributed by atoms with Crippen molar-refractivity contribution in [2.75, 3.05) is 26.0 Å². The van der Waals surface area contributed by atoms with Gasteiger partial charge in [-0.15, -0.1) is 0 Å². The Morgan fingerprint density at radius 2 is 1.93 bits per heavy atom. The van der Waals surface area contributed by atoms with Crippen LogP contribution in [-0.2, 0) is 19.6 Å². The van der Waals surface area contributed by atoms with Crippen LogP contribution in [0.5, 0.6) is 0 Å². The van der Waals surface area contributed by atoms with Gasteiger partial charge in [-0.1, -0.05) is 29.8 Å². The molecule has 0 atom stereocenters. The van der Waals surface area contributed by atoms with Crippen LogP contribution in [0.4, 0.5) is 5.69 Å². The number of halogens is 1. The summed E-state index contributed by atoms with van der Waals surface area (Å²) in [5, 5.41) is 9.68. The number of fused-ring (bicyclic) bond motifs is 1. The highest BCUT2D eigenvalue weighted by Gasteiger charge is 2.22. The van der Waals surface area contributed by atoms with Crippen molar-refractivity contribution in [2.45, 2.75) is 4.90 Å². The van der Waals surface area contributed by atoms with Crippen molar-refractivity contribution < 1.29 is 22.7 Å². The molecule has 0 spiro atoms. The first-order valence-corrected chi connectivity index (χ1v) is 10.1. The van der Waals surface area contributed by atoms with Crippen molar-refractivity contribution >= 4 is 50.1 Å². The summed E-state index contributed by atoms with van der Waals surface area (Å²) in [5.41, 5.74) is 0.931. The lowest BCUT2D eigenvalue weighted by Crippen LogP contribution is -2.23. The molecule has 0 unspecified atom stereocenters. The van der Waals surface area contributed by atoms with Gasteiger partial charge in [0.1, 0.15) is 4.90 Å². The van der Waals surface area contributed by atoms with Crippen LogP contribution in [0.25, 0.3) is 10.9 Å². The summed E-state index contributed by atoms with van der Waals surface area (Å²) in [6.45, 7) is -0.571. The molecule has 1 aromatic heterocycles. The Morgan fingerprint density at radius 3 is 2.66 bits per heavy atom. The van der Waals surface area contributed by atoms with E-state index in [-0.39, 0.29) is 21.3 Å². The van der Waals surface area contributed by atoms with E-state index in [2.05, 4.69) is 15.5 Å². The van der Waals surface area contributed by atoms with E-state index in [1.54, 1.807) is 24.3 Å². The molecule has 152 valence electrons. The molecular weight excluding hydrogens is 420 g/mol. The van der Waals surface area contributed by atoms with Crippen LogP contribution in [0.2, 0.25) is 5.02 Å². The number of nitrogens with zero attached hydrogens (tertiary/aromatic N) is 2. The minimum Gasteiger partial charge on any atom is -0.451 e. The lowest BCUT2D eigenvalue weighted by molar-refractivity contribution is -0.119. The minimum absolute atomic E-state index is 0.0218. The summed E-state index contributed by atoms with van der Waals surface area (Å²) in [7, 11) is -1.05. The molecule has 9 nitrogen and oxygen atoms in total. The van der Waals surface area contributed by atoms with Gasteiger partial charge in [0.2, 0.25) is 10.0 Å². The topological polar surface area (TPSA) is 121 Å². The van der Waals surface area contributed by atoms with Crippen LogP contribution in [0.1, 0.15) is 10.5 Å². The van der Waals surface area contributed by atoms with Crippen LogP contribution in [0.15, 0.2) is 47.4 Å². The number of anilines is 1. The van der Waals surface area contributed by atoms with Crippen LogP contribution in [0.3, 0.4) is 0 Å². The van der Waals surface area contributed by atoms with Crippen molar-refractivity contribution in [3.8, 4) is 0 Å². The molecule has 0 fully saturated rings. The van der Waals surface area contributed by atoms with Gasteiger partial charge in [0.15, 0.2) is 12.3 Å². The third-order valence-corrected chi connectivity index (χ3v) is 6.27. The van der Waals surface area contributed by atoms with E-state index in [4.69, 9.17) is 16.3 Å². The second-order valence-corrected chi connectivity index (χ2v) is 8.70. The monoisotopic (exact) mass is 436 g/mol. The fraction of sp³-hybridized carbons (Fsp3) is 0.167. The lowest BCUT2D eigenvalue weighted by atomic mass is 10.2. The number of aromatic amines is 1. The normalized spacial score (nSPS) is 11.6. The zero-order valence-corrected chi connectivity index (χ0v) is 17.0. The van der Waals surface area contributed by atoms with Crippen molar-refractivity contribution in [1.82, 2.24) is 14.5 Å². The summed E-state index contributed by atoms with van der Waals surface area (Å²) in [4.78, 5) is 24.2. The molecule has 1 heterocycles. The predicted molar refractivity (Wildman–Crippen MR) is 107 cm³/mol. The van der Waals surface area contributed by atoms with Crippen LogP contribution in [-0.4, -0.2) is 55.5 Å². The Labute approximate surface area is 171 Å². The summed E-state index contributed by atoms with van der Waals surface area (Å²) in [6, 6.07) is 11.0. The number of hydrogen-bond donors (Lipinski definition) is 2. The summed E-state index contributed by atoms with van der Waals surface area (Å²) in [6.07, 6.45) is 0. The minimum atomic E-state index is -3.79. The number of amides is 1. The first kappa shape index (κ1) is 20.8. The molecule has 0 aliphatic heterocycles. The Bertz CT molecular complexity index is 1190. The standard InChI is InChI=1S/C18H17ClN4O5S/c1-23(2)29(26,27)15-9-11(7-8-13(15)19)20-16(24)10-28-18(25)17-12-5-3-4-6-14(12)21-22-17/h3-9H,10H2,1-2H3,(H,20,24)(H,21,22). The van der Waals surface area contributed by atoms with Gasteiger partial charge < -0.3 is 10.1 Å². The quantitative estimate of drug-likeness (QED) is 0.571. The number of aromatic nitrogens is 2. The van der Waals surface area contributed by atoms with Gasteiger partial charge in [-0.25, -0.2) is 17.5 Å². The molecule has 2 N–H and O–H groups in total. The van der Waals surface area contributed by atoms with Crippen molar-refractivity contribution in [2.24, 2.45) is 0 Å². The third-order valence-electron chi connectivity index (χ3n) is 3.97. The largest absolute Gasteiger partial charge is 0.451 e. The van der Waals surface area contributed by atoms with Crippen molar-refractivity contribution in [3.63, 3.8) is 0 Å². The fourth-order valence-corrected chi connectivity index (χ4v) is 3.88. The molecular formula is C18H17ClN4O5S. The van der Waals surface area contributed by atoms with Gasteiger partial charge in [0.05, 0.1) is 10.5 Å². The van der Waals surface area contributed by atoms with E-state index in [9.17, 15) is 18.0 Å². The molecule has 0 saturated carbocycles. The maximum atomic E-state index is 12.3. The first-order valence-electron chi connectivity index (χ1n) is 8.32. The maximum absolute atomic E-state index is 12.3. The maximum Gasteiger partial charge on any atom is 0.359 e. The zero-order valence-electron chi connectivity index (χ0n) is 15.5. The van der Waals surface area contributed by atoms with Crippen molar-refractivity contribution in [1.29, 1.82) is 0 Å². The first-order chi connectivity index (χ1) is 13.7. The highest BCUT2D eigenvalue weighted by atomic mass is 35.5. The molecule has 2 aromatic carbocycles. The molecule has 29 heavy (non-hydrogen) atoms. The second kappa shape index (κ2) is 8.19. The number of carbonyl (C=O) groups is 2. The summed E-state index contributed by atoms with van der Waals surface area (Å²) < 4.78 is 30.6. The number of carbonyl (C=O) groups excluding carboxylic acids is 2. The van der Waals surface area contributed by atoms with E-state index < -0.39 is 28.5 Å². The number of rotatable bonds is 6. The van der Waals surface area contributed by atoms with E-state index >= 15 is 0 Å². The third kappa shape index (κ3) is 4.39. The van der Waals surface area contributed by atoms with E-state index in [1.807, 2.05) is 0 Å². The van der Waals surface area contributed by atoms with Crippen LogP contribution in [0, 0.1) is 0 Å². The number of benzene rings is 2. The number of esters is 1. The van der Waals surface area contributed by atoms with Gasteiger partial charge in [0.25, 0.3) is 5.91 Å². The number of H-pyrrole nitrogens is 1. The molecule has 1 amide bonds. The molecule has 0 bridgehead atoms. The SMILES string of the molecule is CN(C)S(=O)(=O)c1cc(NC(=O)COC(=O)c2n[nH]c3ccccc23)ccc1Cl. The Balaban J connectivity index is 1.68. The highest BCUT2D eigenvalue weighted by molar-refractivity contribution is 7.89. The van der Waals surface area contributed by atoms with Crippen molar-refractivity contribution in [3.05, 3.63) is 53.2 Å². The summed E-state index contributed by atoms with van der Waals surface area (Å²) in [5.74, 6) is -1.40. The zero-order chi connectivity index (χ0) is 21.2. The molecule has 0 radical (unpaired) electrons. The van der Waals surface area contributed by atoms with E-state index in [0.29, 0.717) is 10.9 Å². The average Bonchev–Trinajstić information content (AvgIpc) is 3.11. The smallest absolute Gasteiger partial charge is 0.359 e. The van der Waals surface area contributed by atoms with Gasteiger partial charge in [-0.3, -0.25) is 9.89 Å². The number of nitrogens with one attached hydrogen (secondary N) is 2. The number of para-hydroxylation sites is 1. The second-order valence-electron chi connectivity index (χ2n) is 6.17. The molecule has 0 aliphatic rings. The lowest BCUT2D eigenvalue weighted by Gasteiger charge is -2.14. The van der Waals surface area contributed by atoms with E-state index in [0.717, 1.165) is 4.31 Å².